The Morgan fingerprint density at radius 1 is 1.06 bits per heavy atom. The molecule has 0 aromatic heterocycles. The largest absolute Gasteiger partial charge is 0.481 e. The minimum Gasteiger partial charge on any atom is -0.481 e. The van der Waals surface area contributed by atoms with Crippen LogP contribution in [0.3, 0.4) is 0 Å². The van der Waals surface area contributed by atoms with Crippen molar-refractivity contribution in [2.75, 3.05) is 19.7 Å². The van der Waals surface area contributed by atoms with Gasteiger partial charge in [0.25, 0.3) is 0 Å². The zero-order valence-electron chi connectivity index (χ0n) is 18.8. The summed E-state index contributed by atoms with van der Waals surface area (Å²) in [4.78, 5) is 37.2. The summed E-state index contributed by atoms with van der Waals surface area (Å²) in [6.07, 6.45) is 1.33. The van der Waals surface area contributed by atoms with Crippen LogP contribution in [0.2, 0.25) is 0 Å². The summed E-state index contributed by atoms with van der Waals surface area (Å²) >= 11 is 0. The molecule has 33 heavy (non-hydrogen) atoms. The molecule has 1 aliphatic heterocycles. The van der Waals surface area contributed by atoms with E-state index in [1.54, 1.807) is 11.8 Å². The van der Waals surface area contributed by atoms with E-state index >= 15 is 0 Å². The average Bonchev–Trinajstić information content (AvgIpc) is 3.07. The summed E-state index contributed by atoms with van der Waals surface area (Å²) in [5.74, 6) is -0.413. The van der Waals surface area contributed by atoms with Crippen LogP contribution >= 0.6 is 0 Å². The van der Waals surface area contributed by atoms with Crippen molar-refractivity contribution in [2.24, 2.45) is 5.92 Å². The van der Waals surface area contributed by atoms with Crippen LogP contribution in [0.4, 0.5) is 4.79 Å². The highest BCUT2D eigenvalue weighted by Gasteiger charge is 2.32. The van der Waals surface area contributed by atoms with Gasteiger partial charge in [-0.3, -0.25) is 9.59 Å². The summed E-state index contributed by atoms with van der Waals surface area (Å²) in [6.45, 7) is 3.36. The number of aliphatic carboxylic acids is 1. The Kier molecular flexibility index (Phi) is 6.96. The van der Waals surface area contributed by atoms with E-state index in [4.69, 9.17) is 9.84 Å². The van der Waals surface area contributed by atoms with Gasteiger partial charge in [-0.15, -0.1) is 0 Å². The van der Waals surface area contributed by atoms with Gasteiger partial charge in [0.05, 0.1) is 0 Å². The van der Waals surface area contributed by atoms with Gasteiger partial charge >= 0.3 is 12.1 Å². The minimum absolute atomic E-state index is 0.000707. The lowest BCUT2D eigenvalue weighted by Gasteiger charge is -2.40. The van der Waals surface area contributed by atoms with E-state index in [-0.39, 0.29) is 37.3 Å². The Bertz CT molecular complexity index is 985. The summed E-state index contributed by atoms with van der Waals surface area (Å²) in [5, 5.41) is 11.5. The minimum atomic E-state index is -0.782. The quantitative estimate of drug-likeness (QED) is 0.602. The molecule has 2 aromatic rings. The summed E-state index contributed by atoms with van der Waals surface area (Å²) in [7, 11) is 0. The van der Waals surface area contributed by atoms with Crippen molar-refractivity contribution in [3.8, 4) is 11.1 Å². The number of alkyl carbamates (subject to hydrolysis) is 1. The predicted molar refractivity (Wildman–Crippen MR) is 124 cm³/mol. The molecule has 2 aliphatic rings. The van der Waals surface area contributed by atoms with E-state index in [0.717, 1.165) is 17.5 Å². The van der Waals surface area contributed by atoms with Crippen molar-refractivity contribution in [1.29, 1.82) is 0 Å². The lowest BCUT2D eigenvalue weighted by atomic mass is 9.93. The Hall–Kier alpha value is -3.35. The van der Waals surface area contributed by atoms with Gasteiger partial charge < -0.3 is 20.1 Å². The molecule has 1 heterocycles. The van der Waals surface area contributed by atoms with Gasteiger partial charge in [0.1, 0.15) is 6.61 Å². The number of nitrogens with one attached hydrogen (secondary N) is 1. The number of rotatable bonds is 9. The second-order valence-corrected chi connectivity index (χ2v) is 9.03. The van der Waals surface area contributed by atoms with Crippen molar-refractivity contribution in [3.63, 3.8) is 0 Å². The van der Waals surface area contributed by atoms with Crippen molar-refractivity contribution in [1.82, 2.24) is 10.2 Å². The van der Waals surface area contributed by atoms with E-state index in [9.17, 15) is 14.4 Å². The molecule has 0 radical (unpaired) electrons. The van der Waals surface area contributed by atoms with Crippen LogP contribution in [0, 0.1) is 5.92 Å². The van der Waals surface area contributed by atoms with Crippen LogP contribution in [0.25, 0.3) is 11.1 Å². The van der Waals surface area contributed by atoms with E-state index < -0.39 is 12.1 Å². The molecule has 1 fully saturated rings. The highest BCUT2D eigenvalue weighted by molar-refractivity contribution is 5.80. The third kappa shape index (κ3) is 5.35. The molecule has 174 valence electrons. The van der Waals surface area contributed by atoms with Crippen LogP contribution in [-0.4, -0.2) is 53.7 Å². The summed E-state index contributed by atoms with van der Waals surface area (Å²) in [5.41, 5.74) is 4.67. The fourth-order valence-electron chi connectivity index (χ4n) is 4.78. The van der Waals surface area contributed by atoms with Gasteiger partial charge in [0.15, 0.2) is 0 Å². The maximum Gasteiger partial charge on any atom is 0.407 e. The number of carbonyl (C=O) groups is 3. The maximum absolute atomic E-state index is 12.4. The highest BCUT2D eigenvalue weighted by atomic mass is 16.5. The Morgan fingerprint density at radius 3 is 2.27 bits per heavy atom. The van der Waals surface area contributed by atoms with Crippen LogP contribution in [0.1, 0.15) is 49.7 Å². The number of carbonyl (C=O) groups excluding carboxylic acids is 2. The van der Waals surface area contributed by atoms with Gasteiger partial charge in [0, 0.05) is 37.9 Å². The normalized spacial score (nSPS) is 15.8. The molecule has 2 amide bonds. The number of carboxylic acids is 1. The number of carboxylic acid groups (broad SMARTS) is 1. The maximum atomic E-state index is 12.4. The van der Waals surface area contributed by atoms with E-state index in [1.165, 1.54) is 11.1 Å². The first-order valence-corrected chi connectivity index (χ1v) is 11.5. The van der Waals surface area contributed by atoms with Crippen molar-refractivity contribution < 1.29 is 24.2 Å². The first-order chi connectivity index (χ1) is 15.9. The van der Waals surface area contributed by atoms with Crippen molar-refractivity contribution >= 4 is 18.0 Å². The SMILES string of the molecule is C[C@@H](CC(=O)N1CC(CCCC(=O)O)C1)NC(=O)OCC1c2ccccc2-c2ccccc21. The molecule has 1 saturated heterocycles. The van der Waals surface area contributed by atoms with Gasteiger partial charge in [0.2, 0.25) is 5.91 Å². The zero-order valence-corrected chi connectivity index (χ0v) is 18.8. The molecule has 2 aromatic carbocycles. The standard InChI is InChI=1S/C26H30N2O5/c1-17(13-24(29)28-14-18(15-28)7-6-12-25(30)31)27-26(32)33-16-23-21-10-4-2-8-19(21)20-9-3-5-11-22(20)23/h2-5,8-11,17-18,23H,6-7,12-16H2,1H3,(H,27,32)(H,30,31)/t17-/m0/s1. The number of benzene rings is 2. The van der Waals surface area contributed by atoms with Crippen LogP contribution in [0.15, 0.2) is 48.5 Å². The van der Waals surface area contributed by atoms with E-state index in [1.807, 2.05) is 24.3 Å². The molecule has 2 N–H and O–H groups in total. The molecule has 4 rings (SSSR count). The summed E-state index contributed by atoms with van der Waals surface area (Å²) in [6, 6.07) is 16.0. The van der Waals surface area contributed by atoms with Crippen LogP contribution in [-0.2, 0) is 14.3 Å². The number of hydrogen-bond acceptors (Lipinski definition) is 4. The van der Waals surface area contributed by atoms with E-state index in [2.05, 4.69) is 29.6 Å². The summed E-state index contributed by atoms with van der Waals surface area (Å²) < 4.78 is 5.55. The number of amides is 2. The lowest BCUT2D eigenvalue weighted by molar-refractivity contribution is -0.139. The molecule has 7 heteroatoms. The number of nitrogens with zero attached hydrogens (tertiary/aromatic N) is 1. The molecular weight excluding hydrogens is 420 g/mol. The molecule has 1 aliphatic carbocycles. The van der Waals surface area contributed by atoms with Gasteiger partial charge in [-0.1, -0.05) is 48.5 Å². The average molecular weight is 451 g/mol. The highest BCUT2D eigenvalue weighted by Crippen LogP contribution is 2.44. The number of fused-ring (bicyclic) bond motifs is 3. The second kappa shape index (κ2) is 10.1. The smallest absolute Gasteiger partial charge is 0.407 e. The molecular formula is C26H30N2O5. The van der Waals surface area contributed by atoms with Gasteiger partial charge in [-0.05, 0) is 47.9 Å². The monoisotopic (exact) mass is 450 g/mol. The Labute approximate surface area is 193 Å². The van der Waals surface area contributed by atoms with E-state index in [0.29, 0.717) is 25.4 Å². The molecule has 7 nitrogen and oxygen atoms in total. The zero-order chi connectivity index (χ0) is 23.4. The molecule has 0 saturated carbocycles. The predicted octanol–water partition coefficient (Wildman–Crippen LogP) is 4.02. The lowest BCUT2D eigenvalue weighted by Crippen LogP contribution is -2.51. The molecule has 0 spiro atoms. The fourth-order valence-corrected chi connectivity index (χ4v) is 4.78. The Balaban J connectivity index is 1.21. The van der Waals surface area contributed by atoms with Gasteiger partial charge in [-0.2, -0.15) is 0 Å². The van der Waals surface area contributed by atoms with Gasteiger partial charge in [-0.25, -0.2) is 4.79 Å². The van der Waals surface area contributed by atoms with Crippen molar-refractivity contribution in [3.05, 3.63) is 59.7 Å². The first kappa shape index (κ1) is 22.8. The van der Waals surface area contributed by atoms with Crippen LogP contribution < -0.4 is 5.32 Å². The fraction of sp³-hybridized carbons (Fsp3) is 0.423. The number of likely N-dealkylation sites (tertiary alicyclic amines) is 1. The molecule has 0 bridgehead atoms. The second-order valence-electron chi connectivity index (χ2n) is 9.03. The van der Waals surface area contributed by atoms with Crippen molar-refractivity contribution in [2.45, 2.75) is 44.6 Å². The number of hydrogen-bond donors (Lipinski definition) is 2. The molecule has 0 unspecified atom stereocenters. The molecule has 1 atom stereocenters. The third-order valence-electron chi connectivity index (χ3n) is 6.50. The number of ether oxygens (including phenoxy) is 1. The third-order valence-corrected chi connectivity index (χ3v) is 6.50. The Morgan fingerprint density at radius 2 is 1.67 bits per heavy atom. The first-order valence-electron chi connectivity index (χ1n) is 11.5. The topological polar surface area (TPSA) is 95.9 Å². The van der Waals surface area contributed by atoms with Crippen LogP contribution in [0.5, 0.6) is 0 Å².